The van der Waals surface area contributed by atoms with Crippen LogP contribution in [0.1, 0.15) is 12.8 Å². The molecule has 1 aliphatic rings. The van der Waals surface area contributed by atoms with Crippen LogP contribution in [0.4, 0.5) is 5.69 Å². The highest BCUT2D eigenvalue weighted by Gasteiger charge is 2.24. The monoisotopic (exact) mass is 347 g/mol. The molecule has 106 valence electrons. The lowest BCUT2D eigenvalue weighted by molar-refractivity contribution is -0.121. The molecule has 1 aromatic rings. The van der Waals surface area contributed by atoms with E-state index >= 15 is 0 Å². The molecule has 1 saturated heterocycles. The van der Waals surface area contributed by atoms with Crippen LogP contribution >= 0.6 is 28.3 Å². The second-order valence-electron chi connectivity index (χ2n) is 4.49. The number of nitrogens with zero attached hydrogens (tertiary/aromatic N) is 1. The minimum atomic E-state index is 0. The number of rotatable bonds is 4. The zero-order valence-corrected chi connectivity index (χ0v) is 13.0. The first-order chi connectivity index (χ1) is 8.70. The van der Waals surface area contributed by atoms with Crippen LogP contribution in [0.5, 0.6) is 0 Å². The molecule has 1 amide bonds. The highest BCUT2D eigenvalue weighted by atomic mass is 79.9. The van der Waals surface area contributed by atoms with Crippen LogP contribution in [0.2, 0.25) is 0 Å². The van der Waals surface area contributed by atoms with Crippen molar-refractivity contribution in [3.05, 3.63) is 28.7 Å². The molecule has 1 heterocycles. The van der Waals surface area contributed by atoms with E-state index in [1.807, 2.05) is 18.2 Å². The molecule has 6 heteroatoms. The van der Waals surface area contributed by atoms with Gasteiger partial charge in [0.2, 0.25) is 5.91 Å². The molecule has 0 radical (unpaired) electrons. The van der Waals surface area contributed by atoms with Crippen molar-refractivity contribution in [1.29, 1.82) is 0 Å². The van der Waals surface area contributed by atoms with Crippen molar-refractivity contribution in [3.63, 3.8) is 0 Å². The molecule has 0 aromatic heterocycles. The van der Waals surface area contributed by atoms with Gasteiger partial charge >= 0.3 is 0 Å². The van der Waals surface area contributed by atoms with Gasteiger partial charge in [-0.3, -0.25) is 4.79 Å². The molecule has 0 saturated carbocycles. The van der Waals surface area contributed by atoms with Crippen LogP contribution in [0.25, 0.3) is 0 Å². The maximum Gasteiger partial charge on any atom is 0.221 e. The predicted octanol–water partition coefficient (Wildman–Crippen LogP) is 1.91. The Kier molecular flexibility index (Phi) is 6.62. The van der Waals surface area contributed by atoms with Crippen molar-refractivity contribution in [2.24, 2.45) is 5.73 Å². The van der Waals surface area contributed by atoms with E-state index in [1.54, 1.807) is 0 Å². The van der Waals surface area contributed by atoms with Crippen molar-refractivity contribution in [3.8, 4) is 0 Å². The number of amides is 1. The normalized spacial score (nSPS) is 18.0. The number of para-hydroxylation sites is 1. The van der Waals surface area contributed by atoms with Gasteiger partial charge in [-0.05, 0) is 34.5 Å². The number of carbonyl (C=O) groups excluding carboxylic acids is 1. The maximum atomic E-state index is 11.5. The van der Waals surface area contributed by atoms with Crippen LogP contribution in [0.15, 0.2) is 28.7 Å². The summed E-state index contributed by atoms with van der Waals surface area (Å²) in [6.07, 6.45) is 1.39. The molecule has 1 fully saturated rings. The molecule has 0 aliphatic carbocycles. The lowest BCUT2D eigenvalue weighted by Crippen LogP contribution is -2.37. The zero-order chi connectivity index (χ0) is 13.0. The summed E-state index contributed by atoms with van der Waals surface area (Å²) in [5, 5.41) is 3.02. The lowest BCUT2D eigenvalue weighted by atomic mass is 10.2. The zero-order valence-electron chi connectivity index (χ0n) is 10.6. The van der Waals surface area contributed by atoms with Crippen LogP contribution in [-0.2, 0) is 4.79 Å². The van der Waals surface area contributed by atoms with E-state index in [9.17, 15) is 4.79 Å². The van der Waals surface area contributed by atoms with Gasteiger partial charge in [-0.1, -0.05) is 12.1 Å². The van der Waals surface area contributed by atoms with Crippen molar-refractivity contribution < 1.29 is 4.79 Å². The molecule has 2 rings (SSSR count). The van der Waals surface area contributed by atoms with Gasteiger partial charge in [0, 0.05) is 36.6 Å². The van der Waals surface area contributed by atoms with Gasteiger partial charge in [0.15, 0.2) is 0 Å². The quantitative estimate of drug-likeness (QED) is 0.874. The first kappa shape index (κ1) is 16.3. The Hall–Kier alpha value is -0.780. The second-order valence-corrected chi connectivity index (χ2v) is 5.34. The fourth-order valence-electron chi connectivity index (χ4n) is 2.24. The Balaban J connectivity index is 0.00000180. The summed E-state index contributed by atoms with van der Waals surface area (Å²) in [7, 11) is 0. The third kappa shape index (κ3) is 4.37. The van der Waals surface area contributed by atoms with E-state index in [0.717, 1.165) is 24.0 Å². The summed E-state index contributed by atoms with van der Waals surface area (Å²) in [6.45, 7) is 2.24. The molecular weight excluding hydrogens is 330 g/mol. The van der Waals surface area contributed by atoms with Crippen molar-refractivity contribution in [2.45, 2.75) is 18.9 Å². The number of nitrogens with one attached hydrogen (secondary N) is 1. The highest BCUT2D eigenvalue weighted by Crippen LogP contribution is 2.28. The summed E-state index contributed by atoms with van der Waals surface area (Å²) in [4.78, 5) is 13.8. The van der Waals surface area contributed by atoms with Gasteiger partial charge in [0.1, 0.15) is 0 Å². The average Bonchev–Trinajstić information content (AvgIpc) is 2.78. The van der Waals surface area contributed by atoms with Crippen LogP contribution < -0.4 is 16.0 Å². The minimum Gasteiger partial charge on any atom is -0.368 e. The molecule has 3 N–H and O–H groups in total. The third-order valence-corrected chi connectivity index (χ3v) is 3.79. The summed E-state index contributed by atoms with van der Waals surface area (Å²) in [5.41, 5.74) is 6.55. The fourth-order valence-corrected chi connectivity index (χ4v) is 2.77. The molecule has 19 heavy (non-hydrogen) atoms. The number of carbonyl (C=O) groups is 1. The standard InChI is InChI=1S/C13H18BrN3O.ClH/c14-11-3-1-2-4-12(11)17-8-6-10(9-17)16-13(18)5-7-15;/h1-4,10H,5-9,15H2,(H,16,18);1H. The van der Waals surface area contributed by atoms with E-state index in [4.69, 9.17) is 5.73 Å². The molecule has 4 nitrogen and oxygen atoms in total. The molecule has 1 aromatic carbocycles. The second kappa shape index (κ2) is 7.72. The summed E-state index contributed by atoms with van der Waals surface area (Å²) in [6, 6.07) is 8.39. The van der Waals surface area contributed by atoms with Gasteiger partial charge < -0.3 is 16.0 Å². The van der Waals surface area contributed by atoms with E-state index in [0.29, 0.717) is 13.0 Å². The largest absolute Gasteiger partial charge is 0.368 e. The summed E-state index contributed by atoms with van der Waals surface area (Å²) in [5.74, 6) is 0.0523. The summed E-state index contributed by atoms with van der Waals surface area (Å²) >= 11 is 3.56. The van der Waals surface area contributed by atoms with Gasteiger partial charge in [-0.2, -0.15) is 0 Å². The number of halogens is 2. The SMILES string of the molecule is Cl.NCCC(=O)NC1CCN(c2ccccc2Br)C1. The first-order valence-corrected chi connectivity index (χ1v) is 6.99. The number of hydrogen-bond acceptors (Lipinski definition) is 3. The predicted molar refractivity (Wildman–Crippen MR) is 83.8 cm³/mol. The minimum absolute atomic E-state index is 0. The molecule has 1 aliphatic heterocycles. The van der Waals surface area contributed by atoms with Gasteiger partial charge in [-0.15, -0.1) is 12.4 Å². The summed E-state index contributed by atoms with van der Waals surface area (Å²) < 4.78 is 1.10. The Labute approximate surface area is 128 Å². The number of hydrogen-bond donors (Lipinski definition) is 2. The van der Waals surface area contributed by atoms with Crippen LogP contribution in [0.3, 0.4) is 0 Å². The highest BCUT2D eigenvalue weighted by molar-refractivity contribution is 9.10. The Bertz CT molecular complexity index is 430. The fraction of sp³-hybridized carbons (Fsp3) is 0.462. The van der Waals surface area contributed by atoms with Crippen molar-refractivity contribution in [1.82, 2.24) is 5.32 Å². The molecular formula is C13H19BrClN3O. The van der Waals surface area contributed by atoms with E-state index in [-0.39, 0.29) is 24.4 Å². The third-order valence-electron chi connectivity index (χ3n) is 3.12. The van der Waals surface area contributed by atoms with Gasteiger partial charge in [0.25, 0.3) is 0 Å². The van der Waals surface area contributed by atoms with E-state index in [1.165, 1.54) is 5.69 Å². The van der Waals surface area contributed by atoms with E-state index < -0.39 is 0 Å². The maximum absolute atomic E-state index is 11.5. The topological polar surface area (TPSA) is 58.4 Å². The smallest absolute Gasteiger partial charge is 0.221 e. The van der Waals surface area contributed by atoms with Crippen LogP contribution in [0, 0.1) is 0 Å². The Morgan fingerprint density at radius 3 is 2.89 bits per heavy atom. The molecule has 1 unspecified atom stereocenters. The first-order valence-electron chi connectivity index (χ1n) is 6.19. The van der Waals surface area contributed by atoms with E-state index in [2.05, 4.69) is 32.2 Å². The Morgan fingerprint density at radius 1 is 1.47 bits per heavy atom. The van der Waals surface area contributed by atoms with Crippen molar-refractivity contribution >= 4 is 39.9 Å². The molecule has 0 bridgehead atoms. The molecule has 1 atom stereocenters. The average molecular weight is 349 g/mol. The van der Waals surface area contributed by atoms with Gasteiger partial charge in [0.05, 0.1) is 5.69 Å². The van der Waals surface area contributed by atoms with Crippen molar-refractivity contribution in [2.75, 3.05) is 24.5 Å². The number of benzene rings is 1. The lowest BCUT2D eigenvalue weighted by Gasteiger charge is -2.20. The number of anilines is 1. The number of nitrogens with two attached hydrogens (primary N) is 1. The van der Waals surface area contributed by atoms with Gasteiger partial charge in [-0.25, -0.2) is 0 Å². The Morgan fingerprint density at radius 2 is 2.21 bits per heavy atom. The molecule has 0 spiro atoms. The van der Waals surface area contributed by atoms with Crippen LogP contribution in [-0.4, -0.2) is 31.6 Å².